The predicted molar refractivity (Wildman–Crippen MR) is 83.7 cm³/mol. The van der Waals surface area contributed by atoms with Gasteiger partial charge in [0.1, 0.15) is 15.5 Å². The van der Waals surface area contributed by atoms with Crippen LogP contribution in [0.15, 0.2) is 11.1 Å². The molecule has 2 aromatic rings. The number of carbonyl (C=O) groups is 1. The smallest absolute Gasteiger partial charge is 0.316 e. The molecule has 0 bridgehead atoms. The van der Waals surface area contributed by atoms with E-state index in [1.54, 1.807) is 11.3 Å². The molecule has 0 aliphatic rings. The summed E-state index contributed by atoms with van der Waals surface area (Å²) in [4.78, 5) is 22.1. The fraction of sp³-hybridized carbons (Fsp3) is 0.462. The third-order valence-corrected chi connectivity index (χ3v) is 4.28. The average Bonchev–Trinajstić information content (AvgIpc) is 2.63. The van der Waals surface area contributed by atoms with E-state index in [0.717, 1.165) is 20.1 Å². The molecule has 0 N–H and O–H groups in total. The van der Waals surface area contributed by atoms with Gasteiger partial charge in [-0.15, -0.1) is 11.3 Å². The maximum absolute atomic E-state index is 11.7. The van der Waals surface area contributed by atoms with Gasteiger partial charge in [-0.05, 0) is 45.4 Å². The summed E-state index contributed by atoms with van der Waals surface area (Å²) in [6.45, 7) is 7.54. The van der Waals surface area contributed by atoms with Gasteiger partial charge in [0.15, 0.2) is 0 Å². The second kappa shape index (κ2) is 5.87. The van der Waals surface area contributed by atoms with E-state index in [9.17, 15) is 4.79 Å². The summed E-state index contributed by atoms with van der Waals surface area (Å²) in [7, 11) is 0. The van der Waals surface area contributed by atoms with Crippen molar-refractivity contribution in [2.75, 3.05) is 5.75 Å². The third-order valence-electron chi connectivity index (χ3n) is 2.20. The van der Waals surface area contributed by atoms with Gasteiger partial charge < -0.3 is 4.74 Å². The average molecular weight is 331 g/mol. The monoisotopic (exact) mass is 330 g/mol. The number of esters is 1. The lowest BCUT2D eigenvalue weighted by Gasteiger charge is -2.19. The first-order valence-corrected chi connectivity index (χ1v) is 8.21. The number of halogens is 1. The van der Waals surface area contributed by atoms with Gasteiger partial charge in [-0.2, -0.15) is 0 Å². The lowest BCUT2D eigenvalue weighted by atomic mass is 10.2. The van der Waals surface area contributed by atoms with Crippen molar-refractivity contribution in [1.29, 1.82) is 0 Å². The van der Waals surface area contributed by atoms with Crippen LogP contribution in [0.1, 0.15) is 25.6 Å². The SMILES string of the molecule is Cc1cc2c(SCC(=O)OC(C)(C)C)nc(Cl)nc2s1. The number of rotatable bonds is 3. The highest BCUT2D eigenvalue weighted by atomic mass is 35.5. The minimum absolute atomic E-state index is 0.200. The third kappa shape index (κ3) is 4.07. The van der Waals surface area contributed by atoms with Gasteiger partial charge in [-0.1, -0.05) is 11.8 Å². The number of thiophene rings is 1. The summed E-state index contributed by atoms with van der Waals surface area (Å²) in [5.74, 6) is -0.0634. The van der Waals surface area contributed by atoms with E-state index in [2.05, 4.69) is 9.97 Å². The van der Waals surface area contributed by atoms with Crippen molar-refractivity contribution in [3.05, 3.63) is 16.2 Å². The Kier molecular flexibility index (Phi) is 4.56. The molecule has 0 aromatic carbocycles. The topological polar surface area (TPSA) is 52.1 Å². The van der Waals surface area contributed by atoms with Crippen molar-refractivity contribution in [3.8, 4) is 0 Å². The maximum Gasteiger partial charge on any atom is 0.316 e. The van der Waals surface area contributed by atoms with Gasteiger partial charge in [0.05, 0.1) is 5.75 Å². The normalized spacial score (nSPS) is 11.8. The summed E-state index contributed by atoms with van der Waals surface area (Å²) in [6, 6.07) is 2.01. The van der Waals surface area contributed by atoms with Crippen LogP contribution in [-0.2, 0) is 9.53 Å². The van der Waals surface area contributed by atoms with Gasteiger partial charge in [0.25, 0.3) is 0 Å². The number of hydrogen-bond acceptors (Lipinski definition) is 6. The largest absolute Gasteiger partial charge is 0.459 e. The van der Waals surface area contributed by atoms with Crippen LogP contribution in [0.2, 0.25) is 5.28 Å². The Balaban J connectivity index is 2.15. The molecule has 0 fully saturated rings. The summed E-state index contributed by atoms with van der Waals surface area (Å²) < 4.78 is 5.27. The molecule has 2 rings (SSSR count). The number of aryl methyl sites for hydroxylation is 1. The van der Waals surface area contributed by atoms with Crippen molar-refractivity contribution < 1.29 is 9.53 Å². The molecule has 2 aromatic heterocycles. The Hall–Kier alpha value is -0.850. The van der Waals surface area contributed by atoms with Crippen LogP contribution in [0, 0.1) is 6.92 Å². The summed E-state index contributed by atoms with van der Waals surface area (Å²) >= 11 is 8.79. The van der Waals surface area contributed by atoms with Gasteiger partial charge in [0, 0.05) is 10.3 Å². The Morgan fingerprint density at radius 2 is 2.15 bits per heavy atom. The molecule has 0 atom stereocenters. The molecule has 4 nitrogen and oxygen atoms in total. The molecule has 0 radical (unpaired) electrons. The highest BCUT2D eigenvalue weighted by Gasteiger charge is 2.18. The Morgan fingerprint density at radius 1 is 1.45 bits per heavy atom. The van der Waals surface area contributed by atoms with Gasteiger partial charge in [-0.25, -0.2) is 9.97 Å². The molecule has 0 unspecified atom stereocenters. The summed E-state index contributed by atoms with van der Waals surface area (Å²) in [5, 5.41) is 1.85. The first kappa shape index (κ1) is 15.5. The molecule has 7 heteroatoms. The molecular formula is C13H15ClN2O2S2. The number of fused-ring (bicyclic) bond motifs is 1. The van der Waals surface area contributed by atoms with Crippen LogP contribution >= 0.6 is 34.7 Å². The van der Waals surface area contributed by atoms with Crippen molar-refractivity contribution in [2.45, 2.75) is 38.3 Å². The highest BCUT2D eigenvalue weighted by Crippen LogP contribution is 2.32. The van der Waals surface area contributed by atoms with Crippen LogP contribution in [-0.4, -0.2) is 27.3 Å². The molecule has 0 amide bonds. The summed E-state index contributed by atoms with van der Waals surface area (Å²) in [5.41, 5.74) is -0.477. The van der Waals surface area contributed by atoms with E-state index in [0.29, 0.717) is 0 Å². The lowest BCUT2D eigenvalue weighted by molar-refractivity contribution is -0.151. The van der Waals surface area contributed by atoms with Crippen LogP contribution in [0.4, 0.5) is 0 Å². The van der Waals surface area contributed by atoms with Crippen molar-refractivity contribution in [1.82, 2.24) is 9.97 Å². The van der Waals surface area contributed by atoms with Gasteiger partial charge in [0.2, 0.25) is 5.28 Å². The van der Waals surface area contributed by atoms with E-state index >= 15 is 0 Å². The first-order valence-electron chi connectivity index (χ1n) is 6.03. The maximum atomic E-state index is 11.7. The fourth-order valence-corrected chi connectivity index (χ4v) is 3.59. The lowest BCUT2D eigenvalue weighted by Crippen LogP contribution is -2.24. The Bertz CT molecular complexity index is 650. The Labute approximate surface area is 130 Å². The predicted octanol–water partition coefficient (Wildman–Crippen LogP) is 4.09. The number of hydrogen-bond donors (Lipinski definition) is 0. The van der Waals surface area contributed by atoms with Crippen LogP contribution in [0.5, 0.6) is 0 Å². The number of thioether (sulfide) groups is 1. The Morgan fingerprint density at radius 3 is 2.80 bits per heavy atom. The fourth-order valence-electron chi connectivity index (χ4n) is 1.60. The van der Waals surface area contributed by atoms with Gasteiger partial charge >= 0.3 is 5.97 Å². The van der Waals surface area contributed by atoms with Crippen LogP contribution < -0.4 is 0 Å². The molecule has 0 aliphatic carbocycles. The second-order valence-electron chi connectivity index (χ2n) is 5.25. The molecule has 108 valence electrons. The van der Waals surface area contributed by atoms with Crippen molar-refractivity contribution in [3.63, 3.8) is 0 Å². The molecule has 20 heavy (non-hydrogen) atoms. The number of carbonyl (C=O) groups excluding carboxylic acids is 1. The zero-order valence-corrected chi connectivity index (χ0v) is 14.1. The molecule has 0 aliphatic heterocycles. The summed E-state index contributed by atoms with van der Waals surface area (Å²) in [6.07, 6.45) is 0. The van der Waals surface area contributed by atoms with E-state index in [4.69, 9.17) is 16.3 Å². The highest BCUT2D eigenvalue weighted by molar-refractivity contribution is 8.00. The molecular weight excluding hydrogens is 316 g/mol. The van der Waals surface area contributed by atoms with Crippen molar-refractivity contribution >= 4 is 50.9 Å². The van der Waals surface area contributed by atoms with Crippen molar-refractivity contribution in [2.24, 2.45) is 0 Å². The van der Waals surface area contributed by atoms with Crippen LogP contribution in [0.25, 0.3) is 10.2 Å². The minimum atomic E-state index is -0.477. The molecule has 0 spiro atoms. The van der Waals surface area contributed by atoms with E-state index in [-0.39, 0.29) is 17.0 Å². The quantitative estimate of drug-likeness (QED) is 0.367. The van der Waals surface area contributed by atoms with E-state index in [1.807, 2.05) is 33.8 Å². The second-order valence-corrected chi connectivity index (χ2v) is 7.79. The number of nitrogens with zero attached hydrogens (tertiary/aromatic N) is 2. The number of aromatic nitrogens is 2. The van der Waals surface area contributed by atoms with Crippen LogP contribution in [0.3, 0.4) is 0 Å². The molecule has 0 saturated heterocycles. The standard InChI is InChI=1S/C13H15ClN2O2S2/c1-7-5-8-10(15-12(14)16-11(8)20-7)19-6-9(17)18-13(2,3)4/h5H,6H2,1-4H3. The first-order chi connectivity index (χ1) is 9.24. The van der Waals surface area contributed by atoms with E-state index in [1.165, 1.54) is 11.8 Å². The minimum Gasteiger partial charge on any atom is -0.459 e. The molecule has 2 heterocycles. The zero-order valence-electron chi connectivity index (χ0n) is 11.7. The number of ether oxygens (including phenoxy) is 1. The molecule has 0 saturated carbocycles. The zero-order chi connectivity index (χ0) is 14.9. The van der Waals surface area contributed by atoms with Gasteiger partial charge in [-0.3, -0.25) is 4.79 Å². The van der Waals surface area contributed by atoms with E-state index < -0.39 is 5.60 Å².